The second-order valence-electron chi connectivity index (χ2n) is 3.55. The highest BCUT2D eigenvalue weighted by Gasteiger charge is 2.22. The molecule has 0 bridgehead atoms. The largest absolute Gasteiger partial charge is 0.460 e. The molecule has 1 rings (SSSR count). The number of nitrogens with two attached hydrogens (primary N) is 1. The fraction of sp³-hybridized carbons (Fsp3) is 0.273. The first-order valence-electron chi connectivity index (χ1n) is 5.14. The zero-order valence-corrected chi connectivity index (χ0v) is 11.9. The zero-order chi connectivity index (χ0) is 14.5. The predicted octanol–water partition coefficient (Wildman–Crippen LogP) is 1.91. The minimum absolute atomic E-state index is 0.275. The summed E-state index contributed by atoms with van der Waals surface area (Å²) in [6.45, 7) is -0.728. The van der Waals surface area contributed by atoms with Gasteiger partial charge in [-0.1, -0.05) is 46.9 Å². The normalized spacial score (nSPS) is 10.9. The van der Waals surface area contributed by atoms with Crippen LogP contribution < -0.4 is 11.1 Å². The van der Waals surface area contributed by atoms with E-state index in [1.165, 1.54) is 6.07 Å². The highest BCUT2D eigenvalue weighted by Crippen LogP contribution is 2.25. The number of carbonyl (C=O) groups is 2. The zero-order valence-electron chi connectivity index (χ0n) is 9.66. The molecule has 0 fully saturated rings. The number of ether oxygens (including phenoxy) is 1. The van der Waals surface area contributed by atoms with Crippen LogP contribution in [0.5, 0.6) is 0 Å². The molecule has 104 valence electrons. The van der Waals surface area contributed by atoms with E-state index in [-0.39, 0.29) is 18.7 Å². The number of esters is 1. The number of alkyl halides is 3. The second-order valence-corrected chi connectivity index (χ2v) is 6.06. The van der Waals surface area contributed by atoms with Gasteiger partial charge in [0.15, 0.2) is 0 Å². The lowest BCUT2D eigenvalue weighted by molar-refractivity contribution is -0.142. The molecular weight excluding hydrogens is 314 g/mol. The Hall–Kier alpha value is -1.17. The van der Waals surface area contributed by atoms with Crippen LogP contribution >= 0.6 is 34.8 Å². The molecule has 0 saturated heterocycles. The number of nitrogen functional groups attached to an aromatic ring is 1. The third-order valence-electron chi connectivity index (χ3n) is 2.00. The number of carbonyl (C=O) groups excluding carboxylic acids is 2. The summed E-state index contributed by atoms with van der Waals surface area (Å²) >= 11 is 16.2. The summed E-state index contributed by atoms with van der Waals surface area (Å²) in [6.07, 6.45) is 0. The van der Waals surface area contributed by atoms with Crippen molar-refractivity contribution in [1.82, 2.24) is 5.32 Å². The van der Waals surface area contributed by atoms with Crippen molar-refractivity contribution < 1.29 is 14.3 Å². The molecular formula is C11H11Cl3N2O3. The van der Waals surface area contributed by atoms with E-state index in [1.54, 1.807) is 18.2 Å². The average Bonchev–Trinajstić information content (AvgIpc) is 2.33. The first-order valence-corrected chi connectivity index (χ1v) is 6.28. The topological polar surface area (TPSA) is 81.4 Å². The van der Waals surface area contributed by atoms with E-state index >= 15 is 0 Å². The predicted molar refractivity (Wildman–Crippen MR) is 74.4 cm³/mol. The Labute approximate surface area is 124 Å². The first-order chi connectivity index (χ1) is 8.79. The summed E-state index contributed by atoms with van der Waals surface area (Å²) in [7, 11) is 0. The van der Waals surface area contributed by atoms with Gasteiger partial charge in [0.25, 0.3) is 5.91 Å². The molecule has 0 aliphatic rings. The highest BCUT2D eigenvalue weighted by atomic mass is 35.6. The molecule has 0 aliphatic heterocycles. The number of nitrogens with one attached hydrogen (secondary N) is 1. The van der Waals surface area contributed by atoms with Crippen LogP contribution in [0.3, 0.4) is 0 Å². The number of hydrogen-bond acceptors (Lipinski definition) is 4. The molecule has 1 aromatic rings. The molecule has 19 heavy (non-hydrogen) atoms. The van der Waals surface area contributed by atoms with Crippen molar-refractivity contribution in [2.45, 2.75) is 3.79 Å². The molecule has 1 amide bonds. The van der Waals surface area contributed by atoms with Crippen LogP contribution in [-0.4, -0.2) is 28.8 Å². The lowest BCUT2D eigenvalue weighted by Crippen LogP contribution is -2.32. The summed E-state index contributed by atoms with van der Waals surface area (Å²) in [5.74, 6) is -1.20. The van der Waals surface area contributed by atoms with Gasteiger partial charge in [-0.15, -0.1) is 0 Å². The van der Waals surface area contributed by atoms with Crippen molar-refractivity contribution >= 4 is 52.4 Å². The van der Waals surface area contributed by atoms with Crippen molar-refractivity contribution in [3.63, 3.8) is 0 Å². The van der Waals surface area contributed by atoms with E-state index in [0.717, 1.165) is 0 Å². The third-order valence-corrected chi connectivity index (χ3v) is 2.32. The summed E-state index contributed by atoms with van der Waals surface area (Å²) < 4.78 is 2.97. The van der Waals surface area contributed by atoms with Crippen LogP contribution in [0.4, 0.5) is 5.69 Å². The maximum Gasteiger partial charge on any atom is 0.325 e. The van der Waals surface area contributed by atoms with Gasteiger partial charge < -0.3 is 15.8 Å². The molecule has 8 heteroatoms. The third kappa shape index (κ3) is 6.00. The van der Waals surface area contributed by atoms with Crippen molar-refractivity contribution in [2.24, 2.45) is 0 Å². The molecule has 5 nitrogen and oxygen atoms in total. The molecule has 1 aromatic carbocycles. The van der Waals surface area contributed by atoms with Crippen molar-refractivity contribution in [3.05, 3.63) is 29.8 Å². The van der Waals surface area contributed by atoms with Crippen molar-refractivity contribution in [2.75, 3.05) is 18.9 Å². The van der Waals surface area contributed by atoms with E-state index < -0.39 is 15.7 Å². The Kier molecular flexibility index (Phi) is 5.72. The molecule has 0 spiro atoms. The molecule has 0 saturated carbocycles. The summed E-state index contributed by atoms with van der Waals surface area (Å²) in [6, 6.07) is 6.47. The summed E-state index contributed by atoms with van der Waals surface area (Å²) in [5.41, 5.74) is 6.20. The van der Waals surface area contributed by atoms with Gasteiger partial charge >= 0.3 is 5.97 Å². The van der Waals surface area contributed by atoms with Gasteiger partial charge in [0.05, 0.1) is 5.56 Å². The number of benzene rings is 1. The van der Waals surface area contributed by atoms with Gasteiger partial charge in [0.2, 0.25) is 3.79 Å². The van der Waals surface area contributed by atoms with E-state index in [0.29, 0.717) is 5.69 Å². The fourth-order valence-corrected chi connectivity index (χ4v) is 1.33. The molecule has 0 aromatic heterocycles. The second kappa shape index (κ2) is 6.84. The van der Waals surface area contributed by atoms with E-state index in [2.05, 4.69) is 10.1 Å². The van der Waals surface area contributed by atoms with Crippen molar-refractivity contribution in [1.29, 1.82) is 0 Å². The Morgan fingerprint density at radius 3 is 2.47 bits per heavy atom. The molecule has 0 radical (unpaired) electrons. The lowest BCUT2D eigenvalue weighted by Gasteiger charge is -2.11. The Bertz CT molecular complexity index is 474. The smallest absolute Gasteiger partial charge is 0.325 e. The van der Waals surface area contributed by atoms with Crippen molar-refractivity contribution in [3.8, 4) is 0 Å². The number of rotatable bonds is 4. The minimum Gasteiger partial charge on any atom is -0.460 e. The van der Waals surface area contributed by atoms with E-state index in [4.69, 9.17) is 40.5 Å². The van der Waals surface area contributed by atoms with Gasteiger partial charge in [-0.2, -0.15) is 0 Å². The first kappa shape index (κ1) is 15.9. The molecule has 0 unspecified atom stereocenters. The Morgan fingerprint density at radius 1 is 1.26 bits per heavy atom. The minimum atomic E-state index is -1.68. The highest BCUT2D eigenvalue weighted by molar-refractivity contribution is 6.67. The Balaban J connectivity index is 2.43. The molecule has 0 aliphatic carbocycles. The van der Waals surface area contributed by atoms with Gasteiger partial charge in [-0.25, -0.2) is 0 Å². The number of halogens is 3. The van der Waals surface area contributed by atoms with Crippen LogP contribution in [0.1, 0.15) is 10.4 Å². The number of hydrogen-bond donors (Lipinski definition) is 2. The van der Waals surface area contributed by atoms with Gasteiger partial charge in [-0.05, 0) is 12.1 Å². The van der Waals surface area contributed by atoms with Gasteiger partial charge in [0, 0.05) is 5.69 Å². The molecule has 0 atom stereocenters. The Morgan fingerprint density at radius 2 is 1.89 bits per heavy atom. The lowest BCUT2D eigenvalue weighted by atomic mass is 10.2. The van der Waals surface area contributed by atoms with E-state index in [9.17, 15) is 9.59 Å². The number of amides is 1. The van der Waals surface area contributed by atoms with Crippen LogP contribution in [0.25, 0.3) is 0 Å². The molecule has 0 heterocycles. The van der Waals surface area contributed by atoms with Crippen LogP contribution in [0, 0.1) is 0 Å². The number of anilines is 1. The van der Waals surface area contributed by atoms with Crippen LogP contribution in [0.15, 0.2) is 24.3 Å². The van der Waals surface area contributed by atoms with Gasteiger partial charge in [-0.3, -0.25) is 9.59 Å². The monoisotopic (exact) mass is 324 g/mol. The standard InChI is InChI=1S/C11H11Cl3N2O3/c12-11(13,14)6-19-9(17)5-16-10(18)7-3-1-2-4-8(7)15/h1-4H,5-6,15H2,(H,16,18). The van der Waals surface area contributed by atoms with Gasteiger partial charge in [0.1, 0.15) is 13.2 Å². The quantitative estimate of drug-likeness (QED) is 0.503. The maximum absolute atomic E-state index is 11.7. The van der Waals surface area contributed by atoms with Crippen LogP contribution in [-0.2, 0) is 9.53 Å². The summed E-state index contributed by atoms with van der Waals surface area (Å²) in [4.78, 5) is 23.0. The SMILES string of the molecule is Nc1ccccc1C(=O)NCC(=O)OCC(Cl)(Cl)Cl. The van der Waals surface area contributed by atoms with E-state index in [1.807, 2.05) is 0 Å². The van der Waals surface area contributed by atoms with Crippen LogP contribution in [0.2, 0.25) is 0 Å². The average molecular weight is 326 g/mol. The maximum atomic E-state index is 11.7. The number of para-hydroxylation sites is 1. The summed E-state index contributed by atoms with van der Waals surface area (Å²) in [5, 5.41) is 2.35. The molecule has 3 N–H and O–H groups in total. The fourth-order valence-electron chi connectivity index (χ4n) is 1.16.